The van der Waals surface area contributed by atoms with E-state index in [1.54, 1.807) is 0 Å². The third-order valence-corrected chi connectivity index (χ3v) is 2.11. The fourth-order valence-electron chi connectivity index (χ4n) is 0.955. The molecule has 0 aromatic heterocycles. The van der Waals surface area contributed by atoms with Gasteiger partial charge >= 0.3 is 0 Å². The summed E-state index contributed by atoms with van der Waals surface area (Å²) in [5.74, 6) is 0. The van der Waals surface area contributed by atoms with Crippen molar-refractivity contribution in [2.24, 2.45) is 0 Å². The smallest absolute Gasteiger partial charge is 0.0822 e. The van der Waals surface area contributed by atoms with E-state index in [1.165, 1.54) is 0 Å². The van der Waals surface area contributed by atoms with E-state index in [0.717, 1.165) is 25.7 Å². The highest BCUT2D eigenvalue weighted by atomic mass is 16.3. The van der Waals surface area contributed by atoms with E-state index in [1.807, 2.05) is 19.9 Å². The molecule has 0 amide bonds. The van der Waals surface area contributed by atoms with Crippen LogP contribution in [0.2, 0.25) is 0 Å². The van der Waals surface area contributed by atoms with Crippen LogP contribution in [-0.2, 0) is 0 Å². The van der Waals surface area contributed by atoms with Gasteiger partial charge in [0.15, 0.2) is 0 Å². The molecule has 0 rings (SSSR count). The summed E-state index contributed by atoms with van der Waals surface area (Å²) in [7, 11) is 0. The van der Waals surface area contributed by atoms with Crippen LogP contribution in [0.3, 0.4) is 0 Å². The van der Waals surface area contributed by atoms with Crippen LogP contribution >= 0.6 is 0 Å². The zero-order valence-electron chi connectivity index (χ0n) is 7.93. The highest BCUT2D eigenvalue weighted by Gasteiger charge is 2.16. The highest BCUT2D eigenvalue weighted by molar-refractivity contribution is 4.99. The van der Waals surface area contributed by atoms with Gasteiger partial charge in [0.25, 0.3) is 0 Å². The van der Waals surface area contributed by atoms with Crippen molar-refractivity contribution in [3.05, 3.63) is 12.2 Å². The molecule has 1 nitrogen and oxygen atoms in total. The van der Waals surface area contributed by atoms with Crippen molar-refractivity contribution in [1.29, 1.82) is 0 Å². The first-order valence-electron chi connectivity index (χ1n) is 4.58. The van der Waals surface area contributed by atoms with Crippen molar-refractivity contribution in [1.82, 2.24) is 0 Å². The van der Waals surface area contributed by atoms with Crippen molar-refractivity contribution in [2.75, 3.05) is 0 Å². The number of aliphatic hydroxyl groups is 1. The minimum Gasteiger partial charge on any atom is -0.386 e. The fourth-order valence-corrected chi connectivity index (χ4v) is 0.955. The topological polar surface area (TPSA) is 20.2 Å². The number of allylic oxidation sites excluding steroid dienone is 1. The van der Waals surface area contributed by atoms with Crippen molar-refractivity contribution >= 4 is 0 Å². The molecule has 1 N–H and O–H groups in total. The van der Waals surface area contributed by atoms with Crippen LogP contribution in [-0.4, -0.2) is 10.7 Å². The van der Waals surface area contributed by atoms with Crippen LogP contribution in [0, 0.1) is 0 Å². The quantitative estimate of drug-likeness (QED) is 0.607. The number of hydrogen-bond acceptors (Lipinski definition) is 1. The maximum Gasteiger partial charge on any atom is 0.0822 e. The predicted octanol–water partition coefficient (Wildman–Crippen LogP) is 2.89. The summed E-state index contributed by atoms with van der Waals surface area (Å²) in [5.41, 5.74) is -0.546. The molecule has 0 bridgehead atoms. The number of hydrogen-bond donors (Lipinski definition) is 1. The molecule has 0 heterocycles. The molecule has 0 spiro atoms. The Morgan fingerprint density at radius 1 is 1.18 bits per heavy atom. The molecular formula is C10H20O. The second-order valence-electron chi connectivity index (χ2n) is 3.00. The Bertz CT molecular complexity index is 112. The first-order valence-corrected chi connectivity index (χ1v) is 4.58. The Morgan fingerprint density at radius 2 is 1.73 bits per heavy atom. The van der Waals surface area contributed by atoms with Gasteiger partial charge in [-0.3, -0.25) is 0 Å². The van der Waals surface area contributed by atoms with Crippen LogP contribution in [0.25, 0.3) is 0 Å². The van der Waals surface area contributed by atoms with E-state index in [0.29, 0.717) is 0 Å². The molecule has 0 aliphatic rings. The lowest BCUT2D eigenvalue weighted by Gasteiger charge is -2.20. The van der Waals surface area contributed by atoms with Gasteiger partial charge in [-0.25, -0.2) is 0 Å². The molecule has 0 radical (unpaired) electrons. The standard InChI is InChI=1S/C10H20O/c1-4-7-8-9-10(11,5-2)6-3/h8-9,11H,4-7H2,1-3H3/b9-8+. The second kappa shape index (κ2) is 5.36. The van der Waals surface area contributed by atoms with Gasteiger partial charge in [0.1, 0.15) is 0 Å². The third-order valence-electron chi connectivity index (χ3n) is 2.11. The van der Waals surface area contributed by atoms with Gasteiger partial charge in [0, 0.05) is 0 Å². The van der Waals surface area contributed by atoms with Crippen molar-refractivity contribution in [3.8, 4) is 0 Å². The normalized spacial score (nSPS) is 12.7. The first kappa shape index (κ1) is 10.7. The minimum atomic E-state index is -0.546. The van der Waals surface area contributed by atoms with Crippen LogP contribution in [0.15, 0.2) is 12.2 Å². The monoisotopic (exact) mass is 156 g/mol. The third kappa shape index (κ3) is 4.20. The Hall–Kier alpha value is -0.300. The average Bonchev–Trinajstić information content (AvgIpc) is 2.05. The van der Waals surface area contributed by atoms with E-state index in [4.69, 9.17) is 0 Å². The molecule has 0 saturated heterocycles. The van der Waals surface area contributed by atoms with E-state index in [2.05, 4.69) is 13.0 Å². The zero-order valence-corrected chi connectivity index (χ0v) is 7.93. The average molecular weight is 156 g/mol. The molecule has 1 heteroatoms. The summed E-state index contributed by atoms with van der Waals surface area (Å²) in [6.45, 7) is 6.17. The van der Waals surface area contributed by atoms with Gasteiger partial charge in [-0.2, -0.15) is 0 Å². The molecule has 0 aliphatic carbocycles. The fraction of sp³-hybridized carbons (Fsp3) is 0.800. The lowest BCUT2D eigenvalue weighted by atomic mass is 9.97. The maximum absolute atomic E-state index is 9.77. The van der Waals surface area contributed by atoms with Gasteiger partial charge in [0.05, 0.1) is 5.60 Å². The molecule has 0 atom stereocenters. The SMILES string of the molecule is CCC/C=C/C(O)(CC)CC. The van der Waals surface area contributed by atoms with E-state index >= 15 is 0 Å². The summed E-state index contributed by atoms with van der Waals surface area (Å²) in [6.07, 6.45) is 7.86. The Labute approximate surface area is 70.1 Å². The summed E-state index contributed by atoms with van der Waals surface area (Å²) in [5, 5.41) is 9.77. The summed E-state index contributed by atoms with van der Waals surface area (Å²) >= 11 is 0. The number of unbranched alkanes of at least 4 members (excludes halogenated alkanes) is 1. The number of rotatable bonds is 5. The van der Waals surface area contributed by atoms with Crippen molar-refractivity contribution in [2.45, 2.75) is 52.1 Å². The van der Waals surface area contributed by atoms with Crippen LogP contribution < -0.4 is 0 Å². The van der Waals surface area contributed by atoms with Crippen LogP contribution in [0.5, 0.6) is 0 Å². The zero-order chi connectivity index (χ0) is 8.74. The lowest BCUT2D eigenvalue weighted by Crippen LogP contribution is -2.22. The lowest BCUT2D eigenvalue weighted by molar-refractivity contribution is 0.0825. The highest BCUT2D eigenvalue weighted by Crippen LogP contribution is 2.16. The predicted molar refractivity (Wildman–Crippen MR) is 49.6 cm³/mol. The largest absolute Gasteiger partial charge is 0.386 e. The molecule has 0 aromatic carbocycles. The van der Waals surface area contributed by atoms with Gasteiger partial charge in [-0.15, -0.1) is 0 Å². The van der Waals surface area contributed by atoms with E-state index in [9.17, 15) is 5.11 Å². The molecule has 0 fully saturated rings. The minimum absolute atomic E-state index is 0.546. The molecular weight excluding hydrogens is 136 g/mol. The second-order valence-corrected chi connectivity index (χ2v) is 3.00. The van der Waals surface area contributed by atoms with Crippen molar-refractivity contribution in [3.63, 3.8) is 0 Å². The molecule has 0 aromatic rings. The Morgan fingerprint density at radius 3 is 2.09 bits per heavy atom. The van der Waals surface area contributed by atoms with Crippen molar-refractivity contribution < 1.29 is 5.11 Å². The van der Waals surface area contributed by atoms with Gasteiger partial charge < -0.3 is 5.11 Å². The first-order chi connectivity index (χ1) is 5.18. The molecule has 11 heavy (non-hydrogen) atoms. The molecule has 0 unspecified atom stereocenters. The van der Waals surface area contributed by atoms with Gasteiger partial charge in [-0.1, -0.05) is 39.3 Å². The summed E-state index contributed by atoms with van der Waals surface area (Å²) in [6, 6.07) is 0. The molecule has 66 valence electrons. The Balaban J connectivity index is 3.85. The van der Waals surface area contributed by atoms with Crippen LogP contribution in [0.1, 0.15) is 46.5 Å². The summed E-state index contributed by atoms with van der Waals surface area (Å²) in [4.78, 5) is 0. The van der Waals surface area contributed by atoms with Crippen LogP contribution in [0.4, 0.5) is 0 Å². The maximum atomic E-state index is 9.77. The summed E-state index contributed by atoms with van der Waals surface area (Å²) < 4.78 is 0. The molecule has 0 saturated carbocycles. The van der Waals surface area contributed by atoms with Gasteiger partial charge in [0.2, 0.25) is 0 Å². The Kier molecular flexibility index (Phi) is 5.22. The van der Waals surface area contributed by atoms with E-state index < -0.39 is 5.60 Å². The van der Waals surface area contributed by atoms with E-state index in [-0.39, 0.29) is 0 Å². The van der Waals surface area contributed by atoms with Gasteiger partial charge in [-0.05, 0) is 19.3 Å². The molecule has 0 aliphatic heterocycles.